The predicted octanol–water partition coefficient (Wildman–Crippen LogP) is 2.28. The second kappa shape index (κ2) is 5.48. The molecule has 108 valence electrons. The second-order valence-electron chi connectivity index (χ2n) is 5.56. The number of hydrogen-bond acceptors (Lipinski definition) is 2. The van der Waals surface area contributed by atoms with Crippen molar-refractivity contribution in [2.45, 2.75) is 25.3 Å². The van der Waals surface area contributed by atoms with Gasteiger partial charge in [0.1, 0.15) is 11.6 Å². The molecule has 1 unspecified atom stereocenters. The molecule has 0 aromatic heterocycles. The molecule has 2 aliphatic heterocycles. The summed E-state index contributed by atoms with van der Waals surface area (Å²) < 4.78 is 26.8. The first kappa shape index (κ1) is 13.5. The van der Waals surface area contributed by atoms with Crippen molar-refractivity contribution in [1.82, 2.24) is 9.80 Å². The van der Waals surface area contributed by atoms with Crippen LogP contribution in [-0.4, -0.2) is 47.9 Å². The normalized spacial score (nSPS) is 23.5. The summed E-state index contributed by atoms with van der Waals surface area (Å²) in [6.45, 7) is 3.41. The van der Waals surface area contributed by atoms with Crippen LogP contribution in [0.1, 0.15) is 29.6 Å². The molecule has 3 rings (SSSR count). The Hall–Kier alpha value is -1.49. The molecule has 2 aliphatic rings. The molecule has 20 heavy (non-hydrogen) atoms. The number of rotatable bonds is 2. The number of amides is 1. The fourth-order valence-electron chi connectivity index (χ4n) is 3.16. The van der Waals surface area contributed by atoms with Gasteiger partial charge in [0.05, 0.1) is 5.56 Å². The molecule has 2 fully saturated rings. The highest BCUT2D eigenvalue weighted by atomic mass is 19.1. The fraction of sp³-hybridized carbons (Fsp3) is 0.533. The summed E-state index contributed by atoms with van der Waals surface area (Å²) in [7, 11) is 0. The van der Waals surface area contributed by atoms with E-state index in [1.165, 1.54) is 12.8 Å². The van der Waals surface area contributed by atoms with Gasteiger partial charge in [-0.15, -0.1) is 0 Å². The van der Waals surface area contributed by atoms with Gasteiger partial charge in [0.2, 0.25) is 0 Å². The summed E-state index contributed by atoms with van der Waals surface area (Å²) in [5, 5.41) is 0. The average molecular weight is 280 g/mol. The Morgan fingerprint density at radius 1 is 1.15 bits per heavy atom. The molecule has 0 bridgehead atoms. The van der Waals surface area contributed by atoms with Gasteiger partial charge < -0.3 is 4.90 Å². The number of carbonyl (C=O) groups excluding carboxylic acids is 1. The number of likely N-dealkylation sites (tertiary alicyclic amines) is 2. The van der Waals surface area contributed by atoms with E-state index >= 15 is 0 Å². The Bertz CT molecular complexity index is 515. The van der Waals surface area contributed by atoms with Gasteiger partial charge in [-0.05, 0) is 50.6 Å². The minimum Gasteiger partial charge on any atom is -0.337 e. The minimum absolute atomic E-state index is 0.160. The summed E-state index contributed by atoms with van der Waals surface area (Å²) in [4.78, 5) is 16.3. The van der Waals surface area contributed by atoms with Crippen LogP contribution >= 0.6 is 0 Å². The van der Waals surface area contributed by atoms with E-state index in [2.05, 4.69) is 4.90 Å². The lowest BCUT2D eigenvalue weighted by Gasteiger charge is -2.23. The van der Waals surface area contributed by atoms with Crippen LogP contribution in [0, 0.1) is 11.6 Å². The molecule has 0 radical (unpaired) electrons. The molecule has 2 heterocycles. The minimum atomic E-state index is -0.652. The van der Waals surface area contributed by atoms with Gasteiger partial charge in [-0.3, -0.25) is 9.69 Å². The van der Waals surface area contributed by atoms with Crippen molar-refractivity contribution >= 4 is 5.91 Å². The molecule has 1 aromatic carbocycles. The van der Waals surface area contributed by atoms with E-state index in [4.69, 9.17) is 0 Å². The quantitative estimate of drug-likeness (QED) is 0.829. The van der Waals surface area contributed by atoms with Crippen LogP contribution in [0.2, 0.25) is 0 Å². The molecule has 0 spiro atoms. The third-order valence-corrected chi connectivity index (χ3v) is 4.27. The number of hydrogen-bond donors (Lipinski definition) is 0. The van der Waals surface area contributed by atoms with E-state index < -0.39 is 17.5 Å². The Kier molecular flexibility index (Phi) is 3.70. The van der Waals surface area contributed by atoms with Crippen LogP contribution in [0.4, 0.5) is 8.78 Å². The summed E-state index contributed by atoms with van der Waals surface area (Å²) in [6.07, 6.45) is 3.34. The topological polar surface area (TPSA) is 23.6 Å². The van der Waals surface area contributed by atoms with Gasteiger partial charge in [0.25, 0.3) is 5.91 Å². The molecular formula is C15H18F2N2O. The van der Waals surface area contributed by atoms with E-state index in [9.17, 15) is 13.6 Å². The van der Waals surface area contributed by atoms with Gasteiger partial charge in [-0.1, -0.05) is 0 Å². The Balaban J connectivity index is 1.70. The van der Waals surface area contributed by atoms with Crippen LogP contribution in [-0.2, 0) is 0 Å². The molecular weight excluding hydrogens is 262 g/mol. The summed E-state index contributed by atoms with van der Waals surface area (Å²) in [5.41, 5.74) is -0.160. The molecule has 3 nitrogen and oxygen atoms in total. The van der Waals surface area contributed by atoms with Crippen LogP contribution < -0.4 is 0 Å². The summed E-state index contributed by atoms with van der Waals surface area (Å²) >= 11 is 0. The van der Waals surface area contributed by atoms with E-state index in [1.54, 1.807) is 4.90 Å². The van der Waals surface area contributed by atoms with Crippen LogP contribution in [0.3, 0.4) is 0 Å². The number of halogens is 2. The average Bonchev–Trinajstić information content (AvgIpc) is 3.10. The van der Waals surface area contributed by atoms with E-state index in [0.29, 0.717) is 19.1 Å². The van der Waals surface area contributed by atoms with Crippen molar-refractivity contribution in [2.24, 2.45) is 0 Å². The first-order chi connectivity index (χ1) is 9.65. The first-order valence-corrected chi connectivity index (χ1v) is 7.13. The van der Waals surface area contributed by atoms with E-state index in [0.717, 1.165) is 37.7 Å². The van der Waals surface area contributed by atoms with Gasteiger partial charge in [0.15, 0.2) is 0 Å². The highest BCUT2D eigenvalue weighted by Crippen LogP contribution is 2.22. The monoisotopic (exact) mass is 280 g/mol. The maximum Gasteiger partial charge on any atom is 0.256 e. The zero-order valence-corrected chi connectivity index (χ0v) is 11.3. The number of nitrogens with zero attached hydrogens (tertiary/aromatic N) is 2. The smallest absolute Gasteiger partial charge is 0.256 e. The van der Waals surface area contributed by atoms with Gasteiger partial charge >= 0.3 is 0 Å². The molecule has 1 aromatic rings. The molecule has 0 N–H and O–H groups in total. The van der Waals surface area contributed by atoms with Crippen molar-refractivity contribution in [3.63, 3.8) is 0 Å². The maximum absolute atomic E-state index is 13.6. The van der Waals surface area contributed by atoms with Gasteiger partial charge in [-0.25, -0.2) is 8.78 Å². The van der Waals surface area contributed by atoms with Crippen molar-refractivity contribution < 1.29 is 13.6 Å². The third kappa shape index (κ3) is 2.54. The van der Waals surface area contributed by atoms with Crippen molar-refractivity contribution in [3.8, 4) is 0 Å². The summed E-state index contributed by atoms with van der Waals surface area (Å²) in [5.74, 6) is -1.63. The lowest BCUT2D eigenvalue weighted by atomic mass is 10.2. The largest absolute Gasteiger partial charge is 0.337 e. The van der Waals surface area contributed by atoms with Gasteiger partial charge in [-0.2, -0.15) is 0 Å². The molecule has 0 saturated carbocycles. The SMILES string of the molecule is O=C(c1cc(F)ccc1F)N1CCC(N2CCCC2)C1. The maximum atomic E-state index is 13.6. The Morgan fingerprint density at radius 2 is 1.90 bits per heavy atom. The van der Waals surface area contributed by atoms with Crippen LogP contribution in [0.5, 0.6) is 0 Å². The number of carbonyl (C=O) groups is 1. The van der Waals surface area contributed by atoms with Crippen LogP contribution in [0.25, 0.3) is 0 Å². The predicted molar refractivity (Wildman–Crippen MR) is 71.5 cm³/mol. The molecule has 1 amide bonds. The zero-order chi connectivity index (χ0) is 14.1. The molecule has 1 atom stereocenters. The molecule has 0 aliphatic carbocycles. The molecule has 2 saturated heterocycles. The van der Waals surface area contributed by atoms with E-state index in [-0.39, 0.29) is 5.56 Å². The standard InChI is InChI=1S/C15H18F2N2O/c16-11-3-4-14(17)13(9-11)15(20)19-8-5-12(10-19)18-6-1-2-7-18/h3-4,9,12H,1-2,5-8,10H2. The third-order valence-electron chi connectivity index (χ3n) is 4.27. The highest BCUT2D eigenvalue weighted by molar-refractivity contribution is 5.94. The molecule has 5 heteroatoms. The highest BCUT2D eigenvalue weighted by Gasteiger charge is 2.32. The Labute approximate surface area is 117 Å². The van der Waals surface area contributed by atoms with E-state index in [1.807, 2.05) is 0 Å². The van der Waals surface area contributed by atoms with Crippen LogP contribution in [0.15, 0.2) is 18.2 Å². The first-order valence-electron chi connectivity index (χ1n) is 7.13. The van der Waals surface area contributed by atoms with Gasteiger partial charge in [0, 0.05) is 19.1 Å². The lowest BCUT2D eigenvalue weighted by Crippen LogP contribution is -2.37. The zero-order valence-electron chi connectivity index (χ0n) is 11.3. The summed E-state index contributed by atoms with van der Waals surface area (Å²) in [6, 6.07) is 3.40. The van der Waals surface area contributed by atoms with Crippen molar-refractivity contribution in [2.75, 3.05) is 26.2 Å². The lowest BCUT2D eigenvalue weighted by molar-refractivity contribution is 0.0775. The number of benzene rings is 1. The Morgan fingerprint density at radius 3 is 2.65 bits per heavy atom. The van der Waals surface area contributed by atoms with Crippen molar-refractivity contribution in [3.05, 3.63) is 35.4 Å². The second-order valence-corrected chi connectivity index (χ2v) is 5.56. The van der Waals surface area contributed by atoms with Crippen molar-refractivity contribution in [1.29, 1.82) is 0 Å². The fourth-order valence-corrected chi connectivity index (χ4v) is 3.16.